The predicted octanol–water partition coefficient (Wildman–Crippen LogP) is 1.87. The summed E-state index contributed by atoms with van der Waals surface area (Å²) in [6.07, 6.45) is 3.11. The normalized spacial score (nSPS) is 17.9. The molecular weight excluding hydrogens is 214 g/mol. The number of carbonyl (C=O) groups excluding carboxylic acids is 1. The molecule has 0 aromatic heterocycles. The van der Waals surface area contributed by atoms with Crippen LogP contribution in [0.3, 0.4) is 0 Å². The third-order valence-electron chi connectivity index (χ3n) is 3.33. The van der Waals surface area contributed by atoms with Crippen molar-refractivity contribution in [3.05, 3.63) is 35.9 Å². The lowest BCUT2D eigenvalue weighted by Crippen LogP contribution is -2.41. The van der Waals surface area contributed by atoms with Gasteiger partial charge in [-0.25, -0.2) is 0 Å². The minimum Gasteiger partial charge on any atom is -0.468 e. The van der Waals surface area contributed by atoms with Crippen LogP contribution in [0.1, 0.15) is 18.4 Å². The lowest BCUT2D eigenvalue weighted by molar-refractivity contribution is -0.146. The first-order chi connectivity index (χ1) is 8.31. The molecule has 2 rings (SSSR count). The molecule has 1 aliphatic heterocycles. The topological polar surface area (TPSA) is 29.5 Å². The summed E-state index contributed by atoms with van der Waals surface area (Å²) in [6.45, 7) is 2.01. The summed E-state index contributed by atoms with van der Waals surface area (Å²) in [4.78, 5) is 14.1. The lowest BCUT2D eigenvalue weighted by atomic mass is 10.1. The molecule has 0 N–H and O–H groups in total. The van der Waals surface area contributed by atoms with Gasteiger partial charge in [-0.05, 0) is 37.9 Å². The fraction of sp³-hybridized carbons (Fsp3) is 0.500. The van der Waals surface area contributed by atoms with E-state index in [1.54, 1.807) is 0 Å². The van der Waals surface area contributed by atoms with Gasteiger partial charge in [-0.1, -0.05) is 30.3 Å². The predicted molar refractivity (Wildman–Crippen MR) is 66.8 cm³/mol. The van der Waals surface area contributed by atoms with Gasteiger partial charge < -0.3 is 4.74 Å². The molecule has 1 saturated heterocycles. The van der Waals surface area contributed by atoms with E-state index in [9.17, 15) is 4.79 Å². The minimum atomic E-state index is -0.120. The van der Waals surface area contributed by atoms with Gasteiger partial charge in [-0.15, -0.1) is 0 Å². The van der Waals surface area contributed by atoms with Crippen molar-refractivity contribution in [2.24, 2.45) is 0 Å². The van der Waals surface area contributed by atoms with E-state index in [0.717, 1.165) is 19.5 Å². The van der Waals surface area contributed by atoms with Crippen molar-refractivity contribution in [2.45, 2.75) is 25.3 Å². The third-order valence-corrected chi connectivity index (χ3v) is 3.33. The van der Waals surface area contributed by atoms with Gasteiger partial charge in [0.05, 0.1) is 7.11 Å². The first kappa shape index (κ1) is 12.1. The Balaban J connectivity index is 2.07. The number of carbonyl (C=O) groups is 1. The Kier molecular flexibility index (Phi) is 4.15. The van der Waals surface area contributed by atoms with Crippen LogP contribution >= 0.6 is 0 Å². The van der Waals surface area contributed by atoms with Crippen molar-refractivity contribution in [1.29, 1.82) is 0 Å². The molecule has 3 heteroatoms. The van der Waals surface area contributed by atoms with E-state index in [2.05, 4.69) is 17.0 Å². The fourth-order valence-electron chi connectivity index (χ4n) is 2.39. The number of methoxy groups -OCH3 is 1. The van der Waals surface area contributed by atoms with Crippen LogP contribution in [0, 0.1) is 0 Å². The molecule has 0 aliphatic carbocycles. The van der Waals surface area contributed by atoms with E-state index in [1.807, 2.05) is 18.2 Å². The summed E-state index contributed by atoms with van der Waals surface area (Å²) in [7, 11) is 1.47. The molecule has 1 fully saturated rings. The van der Waals surface area contributed by atoms with E-state index in [1.165, 1.54) is 25.5 Å². The molecule has 3 nitrogen and oxygen atoms in total. The molecule has 1 aromatic rings. The van der Waals surface area contributed by atoms with Crippen LogP contribution in [0.5, 0.6) is 0 Å². The van der Waals surface area contributed by atoms with Crippen molar-refractivity contribution in [1.82, 2.24) is 4.90 Å². The van der Waals surface area contributed by atoms with Crippen LogP contribution in [-0.4, -0.2) is 37.1 Å². The average molecular weight is 233 g/mol. The number of benzene rings is 1. The van der Waals surface area contributed by atoms with Crippen LogP contribution in [0.25, 0.3) is 0 Å². The molecule has 0 saturated carbocycles. The molecule has 1 atom stereocenters. The molecule has 1 aliphatic rings. The molecule has 0 bridgehead atoms. The Morgan fingerprint density at radius 1 is 1.29 bits per heavy atom. The maximum atomic E-state index is 11.8. The van der Waals surface area contributed by atoms with Gasteiger partial charge in [0.25, 0.3) is 0 Å². The Bertz CT molecular complexity index is 358. The smallest absolute Gasteiger partial charge is 0.323 e. The molecule has 0 spiro atoms. The van der Waals surface area contributed by atoms with Gasteiger partial charge in [-0.3, -0.25) is 9.69 Å². The monoisotopic (exact) mass is 233 g/mol. The highest BCUT2D eigenvalue weighted by atomic mass is 16.5. The molecule has 0 radical (unpaired) electrons. The summed E-state index contributed by atoms with van der Waals surface area (Å²) in [5, 5.41) is 0. The van der Waals surface area contributed by atoms with E-state index in [-0.39, 0.29) is 12.0 Å². The Labute approximate surface area is 102 Å². The zero-order valence-electron chi connectivity index (χ0n) is 10.3. The number of esters is 1. The molecule has 92 valence electrons. The highest BCUT2D eigenvalue weighted by Crippen LogP contribution is 2.16. The Hall–Kier alpha value is -1.35. The minimum absolute atomic E-state index is 0.115. The molecule has 1 aromatic carbocycles. The second-order valence-corrected chi connectivity index (χ2v) is 4.47. The van der Waals surface area contributed by atoms with Gasteiger partial charge >= 0.3 is 5.97 Å². The van der Waals surface area contributed by atoms with Gasteiger partial charge in [0.1, 0.15) is 6.04 Å². The highest BCUT2D eigenvalue weighted by Gasteiger charge is 2.28. The summed E-state index contributed by atoms with van der Waals surface area (Å²) < 4.78 is 4.92. The Morgan fingerprint density at radius 2 is 1.94 bits per heavy atom. The van der Waals surface area contributed by atoms with Crippen molar-refractivity contribution in [3.8, 4) is 0 Å². The van der Waals surface area contributed by atoms with E-state index >= 15 is 0 Å². The summed E-state index contributed by atoms with van der Waals surface area (Å²) in [5.41, 5.74) is 1.19. The number of hydrogen-bond acceptors (Lipinski definition) is 3. The third kappa shape index (κ3) is 3.07. The van der Waals surface area contributed by atoms with Gasteiger partial charge in [0, 0.05) is 0 Å². The van der Waals surface area contributed by atoms with Gasteiger partial charge in [0.2, 0.25) is 0 Å². The molecular formula is C14H19NO2. The average Bonchev–Trinajstić information content (AvgIpc) is 2.90. The maximum absolute atomic E-state index is 11.8. The lowest BCUT2D eigenvalue weighted by Gasteiger charge is -2.25. The van der Waals surface area contributed by atoms with Crippen molar-refractivity contribution < 1.29 is 9.53 Å². The van der Waals surface area contributed by atoms with Gasteiger partial charge in [-0.2, -0.15) is 0 Å². The van der Waals surface area contributed by atoms with E-state index < -0.39 is 0 Å². The molecule has 0 amide bonds. The van der Waals surface area contributed by atoms with Crippen LogP contribution in [0.15, 0.2) is 30.3 Å². The van der Waals surface area contributed by atoms with Crippen molar-refractivity contribution >= 4 is 5.97 Å². The summed E-state index contributed by atoms with van der Waals surface area (Å²) in [5.74, 6) is -0.115. The highest BCUT2D eigenvalue weighted by molar-refractivity contribution is 5.76. The standard InChI is InChI=1S/C14H19NO2/c1-17-14(16)13(15-9-5-6-10-15)11-12-7-3-2-4-8-12/h2-4,7-8,13H,5-6,9-11H2,1H3/t13-/m1/s1. The number of ether oxygens (including phenoxy) is 1. The number of nitrogens with zero attached hydrogens (tertiary/aromatic N) is 1. The number of hydrogen-bond donors (Lipinski definition) is 0. The number of likely N-dealkylation sites (tertiary alicyclic amines) is 1. The first-order valence-corrected chi connectivity index (χ1v) is 6.17. The SMILES string of the molecule is COC(=O)[C@@H](Cc1ccccc1)N1CCCC1. The molecule has 1 heterocycles. The molecule has 17 heavy (non-hydrogen) atoms. The zero-order chi connectivity index (χ0) is 12.1. The van der Waals surface area contributed by atoms with E-state index in [4.69, 9.17) is 4.74 Å². The summed E-state index contributed by atoms with van der Waals surface area (Å²) in [6, 6.07) is 10.0. The summed E-state index contributed by atoms with van der Waals surface area (Å²) >= 11 is 0. The van der Waals surface area contributed by atoms with Crippen LogP contribution in [-0.2, 0) is 16.0 Å². The van der Waals surface area contributed by atoms with Crippen molar-refractivity contribution in [3.63, 3.8) is 0 Å². The zero-order valence-corrected chi connectivity index (χ0v) is 10.3. The van der Waals surface area contributed by atoms with E-state index in [0.29, 0.717) is 0 Å². The van der Waals surface area contributed by atoms with Crippen LogP contribution < -0.4 is 0 Å². The maximum Gasteiger partial charge on any atom is 0.323 e. The second-order valence-electron chi connectivity index (χ2n) is 4.47. The number of rotatable bonds is 4. The fourth-order valence-corrected chi connectivity index (χ4v) is 2.39. The van der Waals surface area contributed by atoms with Crippen LogP contribution in [0.2, 0.25) is 0 Å². The van der Waals surface area contributed by atoms with Crippen LogP contribution in [0.4, 0.5) is 0 Å². The van der Waals surface area contributed by atoms with Gasteiger partial charge in [0.15, 0.2) is 0 Å². The first-order valence-electron chi connectivity index (χ1n) is 6.17. The largest absolute Gasteiger partial charge is 0.468 e. The Morgan fingerprint density at radius 3 is 2.53 bits per heavy atom. The second kappa shape index (κ2) is 5.82. The van der Waals surface area contributed by atoms with Crippen molar-refractivity contribution in [2.75, 3.05) is 20.2 Å². The quantitative estimate of drug-likeness (QED) is 0.743. The molecule has 0 unspecified atom stereocenters.